The van der Waals surface area contributed by atoms with Gasteiger partial charge in [0.15, 0.2) is 0 Å². The number of anilines is 1. The molecular weight excluding hydrogens is 258 g/mol. The molecule has 2 unspecified atom stereocenters. The molecule has 1 aliphatic heterocycles. The lowest BCUT2D eigenvalue weighted by Gasteiger charge is -2.14. The van der Waals surface area contributed by atoms with Crippen LogP contribution in [0.2, 0.25) is 0 Å². The van der Waals surface area contributed by atoms with Gasteiger partial charge in [0.1, 0.15) is 0 Å². The molecular formula is C14H17N3O3. The van der Waals surface area contributed by atoms with Crippen molar-refractivity contribution in [2.45, 2.75) is 18.6 Å². The minimum Gasteiger partial charge on any atom is -0.389 e. The molecule has 6 nitrogen and oxygen atoms in total. The number of carbonyl (C=O) groups excluding carboxylic acids is 1. The standard InChI is InChI=1S/C14H17N3O3/c15-7-10-2-1-3-11(6-10)16-14(20)4-5-17-8-12(18)13(19)9-17/h1-3,6,12-13,18-19H,4-5,8-9H2,(H,16,20). The van der Waals surface area contributed by atoms with Crippen LogP contribution in [0.1, 0.15) is 12.0 Å². The predicted molar refractivity (Wildman–Crippen MR) is 72.9 cm³/mol. The van der Waals surface area contributed by atoms with E-state index in [1.54, 1.807) is 24.3 Å². The summed E-state index contributed by atoms with van der Waals surface area (Å²) in [6, 6.07) is 8.73. The SMILES string of the molecule is N#Cc1cccc(NC(=O)CCN2CC(O)C(O)C2)c1. The van der Waals surface area contributed by atoms with Crippen LogP contribution in [0.3, 0.4) is 0 Å². The zero-order valence-corrected chi connectivity index (χ0v) is 11.0. The number of nitrogens with zero attached hydrogens (tertiary/aromatic N) is 2. The molecule has 1 aromatic rings. The zero-order valence-electron chi connectivity index (χ0n) is 11.0. The van der Waals surface area contributed by atoms with E-state index in [2.05, 4.69) is 5.32 Å². The highest BCUT2D eigenvalue weighted by Gasteiger charge is 2.29. The van der Waals surface area contributed by atoms with Crippen molar-refractivity contribution in [3.05, 3.63) is 29.8 Å². The number of nitrogens with one attached hydrogen (secondary N) is 1. The number of benzene rings is 1. The van der Waals surface area contributed by atoms with Crippen LogP contribution in [0.25, 0.3) is 0 Å². The Morgan fingerprint density at radius 2 is 2.10 bits per heavy atom. The zero-order chi connectivity index (χ0) is 14.5. The highest BCUT2D eigenvalue weighted by molar-refractivity contribution is 5.90. The Hall–Kier alpha value is -1.94. The van der Waals surface area contributed by atoms with Gasteiger partial charge in [0, 0.05) is 31.7 Å². The van der Waals surface area contributed by atoms with Gasteiger partial charge in [0.2, 0.25) is 5.91 Å². The molecule has 1 saturated heterocycles. The van der Waals surface area contributed by atoms with Crippen LogP contribution in [-0.2, 0) is 4.79 Å². The number of hydrogen-bond acceptors (Lipinski definition) is 5. The van der Waals surface area contributed by atoms with Crippen molar-refractivity contribution < 1.29 is 15.0 Å². The maximum atomic E-state index is 11.8. The number of hydrogen-bond donors (Lipinski definition) is 3. The number of likely N-dealkylation sites (tertiary alicyclic amines) is 1. The van der Waals surface area contributed by atoms with Crippen molar-refractivity contribution in [3.8, 4) is 6.07 Å². The van der Waals surface area contributed by atoms with Crippen LogP contribution in [0.5, 0.6) is 0 Å². The summed E-state index contributed by atoms with van der Waals surface area (Å²) in [5, 5.41) is 30.3. The van der Waals surface area contributed by atoms with E-state index in [9.17, 15) is 15.0 Å². The number of aliphatic hydroxyl groups excluding tert-OH is 2. The Bertz CT molecular complexity index is 517. The average molecular weight is 275 g/mol. The summed E-state index contributed by atoms with van der Waals surface area (Å²) in [6.45, 7) is 1.26. The second-order valence-corrected chi connectivity index (χ2v) is 4.89. The van der Waals surface area contributed by atoms with Crippen LogP contribution in [-0.4, -0.2) is 52.9 Å². The first-order chi connectivity index (χ1) is 9.58. The molecule has 0 spiro atoms. The highest BCUT2D eigenvalue weighted by atomic mass is 16.3. The average Bonchev–Trinajstić information content (AvgIpc) is 2.76. The van der Waals surface area contributed by atoms with E-state index in [1.807, 2.05) is 11.0 Å². The van der Waals surface area contributed by atoms with E-state index in [-0.39, 0.29) is 12.3 Å². The third-order valence-electron chi connectivity index (χ3n) is 3.27. The van der Waals surface area contributed by atoms with Crippen LogP contribution in [0, 0.1) is 11.3 Å². The molecule has 0 aliphatic carbocycles. The molecule has 0 bridgehead atoms. The number of rotatable bonds is 4. The lowest BCUT2D eigenvalue weighted by atomic mass is 10.2. The maximum absolute atomic E-state index is 11.8. The van der Waals surface area contributed by atoms with Crippen LogP contribution in [0.15, 0.2) is 24.3 Å². The fourth-order valence-corrected chi connectivity index (χ4v) is 2.18. The monoisotopic (exact) mass is 275 g/mol. The van der Waals surface area contributed by atoms with Crippen molar-refractivity contribution >= 4 is 11.6 Å². The molecule has 6 heteroatoms. The number of β-amino-alcohol motifs (C(OH)–C–C–N with tert-alkyl or cyclic N) is 2. The minimum atomic E-state index is -0.731. The molecule has 0 aromatic heterocycles. The highest BCUT2D eigenvalue weighted by Crippen LogP contribution is 2.12. The Labute approximate surface area is 117 Å². The van der Waals surface area contributed by atoms with Crippen molar-refractivity contribution in [2.24, 2.45) is 0 Å². The first-order valence-corrected chi connectivity index (χ1v) is 6.47. The molecule has 0 radical (unpaired) electrons. The molecule has 0 saturated carbocycles. The third-order valence-corrected chi connectivity index (χ3v) is 3.27. The van der Waals surface area contributed by atoms with Gasteiger partial charge < -0.3 is 15.5 Å². The summed E-state index contributed by atoms with van der Waals surface area (Å²) in [5.41, 5.74) is 1.09. The molecule has 1 fully saturated rings. The number of nitriles is 1. The Morgan fingerprint density at radius 3 is 2.75 bits per heavy atom. The lowest BCUT2D eigenvalue weighted by molar-refractivity contribution is -0.116. The van der Waals surface area contributed by atoms with E-state index >= 15 is 0 Å². The molecule has 2 rings (SSSR count). The number of carbonyl (C=O) groups is 1. The number of amides is 1. The first-order valence-electron chi connectivity index (χ1n) is 6.47. The quantitative estimate of drug-likeness (QED) is 0.714. The summed E-state index contributed by atoms with van der Waals surface area (Å²) < 4.78 is 0. The molecule has 1 heterocycles. The summed E-state index contributed by atoms with van der Waals surface area (Å²) in [5.74, 6) is -0.157. The fourth-order valence-electron chi connectivity index (χ4n) is 2.18. The van der Waals surface area contributed by atoms with Crippen LogP contribution >= 0.6 is 0 Å². The lowest BCUT2D eigenvalue weighted by Crippen LogP contribution is -2.27. The summed E-state index contributed by atoms with van der Waals surface area (Å²) in [6.07, 6.45) is -1.19. The van der Waals surface area contributed by atoms with Gasteiger partial charge in [-0.25, -0.2) is 0 Å². The van der Waals surface area contributed by atoms with Crippen molar-refractivity contribution in [1.82, 2.24) is 4.90 Å². The summed E-state index contributed by atoms with van der Waals surface area (Å²) in [4.78, 5) is 13.6. The molecule has 20 heavy (non-hydrogen) atoms. The van der Waals surface area contributed by atoms with Gasteiger partial charge in [0.05, 0.1) is 23.8 Å². The second kappa shape index (κ2) is 6.48. The van der Waals surface area contributed by atoms with Gasteiger partial charge in [-0.1, -0.05) is 6.07 Å². The molecule has 1 aliphatic rings. The Kier molecular flexibility index (Phi) is 4.69. The van der Waals surface area contributed by atoms with E-state index in [4.69, 9.17) is 5.26 Å². The van der Waals surface area contributed by atoms with E-state index in [0.717, 1.165) is 0 Å². The largest absolute Gasteiger partial charge is 0.389 e. The van der Waals surface area contributed by atoms with Crippen LogP contribution in [0.4, 0.5) is 5.69 Å². The van der Waals surface area contributed by atoms with Gasteiger partial charge in [0.25, 0.3) is 0 Å². The summed E-state index contributed by atoms with van der Waals surface area (Å²) >= 11 is 0. The Balaban J connectivity index is 1.80. The molecule has 106 valence electrons. The van der Waals surface area contributed by atoms with Crippen molar-refractivity contribution in [2.75, 3.05) is 25.0 Å². The first kappa shape index (κ1) is 14.5. The molecule has 1 amide bonds. The fraction of sp³-hybridized carbons (Fsp3) is 0.429. The van der Waals surface area contributed by atoms with Gasteiger partial charge in [-0.05, 0) is 18.2 Å². The smallest absolute Gasteiger partial charge is 0.225 e. The predicted octanol–water partition coefficient (Wildman–Crippen LogP) is -0.0757. The minimum absolute atomic E-state index is 0.157. The summed E-state index contributed by atoms with van der Waals surface area (Å²) in [7, 11) is 0. The van der Waals surface area contributed by atoms with Crippen molar-refractivity contribution in [3.63, 3.8) is 0 Å². The second-order valence-electron chi connectivity index (χ2n) is 4.89. The van der Waals surface area contributed by atoms with E-state index in [1.165, 1.54) is 0 Å². The van der Waals surface area contributed by atoms with Crippen LogP contribution < -0.4 is 5.32 Å². The molecule has 3 N–H and O–H groups in total. The van der Waals surface area contributed by atoms with Gasteiger partial charge in [-0.15, -0.1) is 0 Å². The van der Waals surface area contributed by atoms with E-state index in [0.29, 0.717) is 30.9 Å². The van der Waals surface area contributed by atoms with Gasteiger partial charge in [-0.2, -0.15) is 5.26 Å². The van der Waals surface area contributed by atoms with Gasteiger partial charge in [-0.3, -0.25) is 9.69 Å². The number of aliphatic hydroxyl groups is 2. The molecule has 1 aromatic carbocycles. The van der Waals surface area contributed by atoms with Gasteiger partial charge >= 0.3 is 0 Å². The van der Waals surface area contributed by atoms with Crippen molar-refractivity contribution in [1.29, 1.82) is 5.26 Å². The Morgan fingerprint density at radius 1 is 1.40 bits per heavy atom. The van der Waals surface area contributed by atoms with E-state index < -0.39 is 12.2 Å². The normalized spacial score (nSPS) is 22.4. The molecule has 2 atom stereocenters. The maximum Gasteiger partial charge on any atom is 0.225 e. The third kappa shape index (κ3) is 3.78. The topological polar surface area (TPSA) is 96.6 Å².